The third-order valence-corrected chi connectivity index (χ3v) is 5.80. The largest absolute Gasteiger partial charge is 0.495 e. The molecule has 0 saturated carbocycles. The molecular weight excluding hydrogens is 394 g/mol. The van der Waals surface area contributed by atoms with Gasteiger partial charge in [0.1, 0.15) is 10.7 Å². The molecular formula is C22H22ClNO3S. The van der Waals surface area contributed by atoms with Crippen LogP contribution in [0.3, 0.4) is 0 Å². The fraction of sp³-hybridized carbons (Fsp3) is 0.273. The number of hydrogen-bond acceptors (Lipinski definition) is 3. The van der Waals surface area contributed by atoms with E-state index in [1.165, 1.54) is 0 Å². The van der Waals surface area contributed by atoms with E-state index in [1.54, 1.807) is 19.2 Å². The van der Waals surface area contributed by atoms with Gasteiger partial charge in [0.25, 0.3) is 0 Å². The van der Waals surface area contributed by atoms with Crippen LogP contribution in [0.25, 0.3) is 10.9 Å². The Bertz CT molecular complexity index is 1070. The number of hydrogen-bond donors (Lipinski definition) is 1. The van der Waals surface area contributed by atoms with E-state index in [1.807, 2.05) is 49.6 Å². The van der Waals surface area contributed by atoms with Crippen molar-refractivity contribution in [3.63, 3.8) is 0 Å². The third kappa shape index (κ3) is 3.40. The number of aryl methyl sites for hydroxylation is 1. The average molecular weight is 416 g/mol. The predicted octanol–water partition coefficient (Wildman–Crippen LogP) is 5.72. The molecule has 3 aromatic rings. The normalized spacial score (nSPS) is 12.2. The maximum Gasteiger partial charge on any atom is 0.311 e. The number of nitrogens with zero attached hydrogens (tertiary/aromatic N) is 1. The predicted molar refractivity (Wildman–Crippen MR) is 117 cm³/mol. The van der Waals surface area contributed by atoms with Gasteiger partial charge in [-0.05, 0) is 38.0 Å². The molecule has 0 fully saturated rings. The molecule has 0 saturated heterocycles. The number of benzene rings is 2. The summed E-state index contributed by atoms with van der Waals surface area (Å²) < 4.78 is 7.29. The highest BCUT2D eigenvalue weighted by Gasteiger charge is 2.28. The molecule has 0 aliphatic rings. The summed E-state index contributed by atoms with van der Waals surface area (Å²) in [5, 5.41) is 11.0. The van der Waals surface area contributed by atoms with Crippen molar-refractivity contribution in [3.8, 4) is 5.75 Å². The number of carboxylic acids is 1. The monoisotopic (exact) mass is 415 g/mol. The zero-order chi connectivity index (χ0) is 20.6. The van der Waals surface area contributed by atoms with Crippen LogP contribution in [0.4, 0.5) is 0 Å². The SMILES string of the molecule is CCC(C(=O)O)c1c(C)n(C(=S)c2ccc(C)cc2)c2cc(Cl)c(OC)cc12. The minimum Gasteiger partial charge on any atom is -0.495 e. The fourth-order valence-corrected chi connectivity index (χ4v) is 4.23. The van der Waals surface area contributed by atoms with Gasteiger partial charge < -0.3 is 14.4 Å². The van der Waals surface area contributed by atoms with Gasteiger partial charge in [-0.2, -0.15) is 0 Å². The van der Waals surface area contributed by atoms with E-state index in [4.69, 9.17) is 28.6 Å². The van der Waals surface area contributed by atoms with Gasteiger partial charge >= 0.3 is 5.97 Å². The quantitative estimate of drug-likeness (QED) is 0.541. The first kappa shape index (κ1) is 20.4. The van der Waals surface area contributed by atoms with Crippen LogP contribution in [0, 0.1) is 13.8 Å². The Morgan fingerprint density at radius 1 is 1.25 bits per heavy atom. The van der Waals surface area contributed by atoms with Crippen LogP contribution in [0.1, 0.15) is 41.6 Å². The number of ether oxygens (including phenoxy) is 1. The van der Waals surface area contributed by atoms with Crippen molar-refractivity contribution in [2.24, 2.45) is 0 Å². The van der Waals surface area contributed by atoms with Crippen molar-refractivity contribution in [1.29, 1.82) is 0 Å². The second kappa shape index (κ2) is 7.94. The highest BCUT2D eigenvalue weighted by molar-refractivity contribution is 7.80. The molecule has 4 nitrogen and oxygen atoms in total. The molecule has 0 amide bonds. The van der Waals surface area contributed by atoms with Gasteiger partial charge in [0.15, 0.2) is 0 Å². The molecule has 146 valence electrons. The smallest absolute Gasteiger partial charge is 0.311 e. The molecule has 0 radical (unpaired) electrons. The highest BCUT2D eigenvalue weighted by Crippen LogP contribution is 2.39. The Labute approximate surface area is 174 Å². The molecule has 0 bridgehead atoms. The highest BCUT2D eigenvalue weighted by atomic mass is 35.5. The Kier molecular flexibility index (Phi) is 5.77. The lowest BCUT2D eigenvalue weighted by Crippen LogP contribution is -2.15. The van der Waals surface area contributed by atoms with Crippen LogP contribution in [-0.4, -0.2) is 27.7 Å². The minimum atomic E-state index is -0.861. The number of halogens is 1. The Hall–Kier alpha value is -2.37. The van der Waals surface area contributed by atoms with Gasteiger partial charge in [-0.25, -0.2) is 0 Å². The van der Waals surface area contributed by atoms with Crippen molar-refractivity contribution >= 4 is 45.7 Å². The van der Waals surface area contributed by atoms with Crippen molar-refractivity contribution in [2.45, 2.75) is 33.1 Å². The Balaban J connectivity index is 2.35. The maximum atomic E-state index is 11.9. The fourth-order valence-electron chi connectivity index (χ4n) is 3.63. The lowest BCUT2D eigenvalue weighted by molar-refractivity contribution is -0.138. The summed E-state index contributed by atoms with van der Waals surface area (Å²) in [4.78, 5) is 12.5. The van der Waals surface area contributed by atoms with Gasteiger partial charge in [-0.3, -0.25) is 4.79 Å². The van der Waals surface area contributed by atoms with E-state index in [2.05, 4.69) is 0 Å². The summed E-state index contributed by atoms with van der Waals surface area (Å²) in [5.74, 6) is -0.996. The van der Waals surface area contributed by atoms with E-state index < -0.39 is 11.9 Å². The van der Waals surface area contributed by atoms with Gasteiger partial charge in [0, 0.05) is 16.6 Å². The molecule has 0 aliphatic heterocycles. The number of fused-ring (bicyclic) bond motifs is 1. The molecule has 1 unspecified atom stereocenters. The second-order valence-corrected chi connectivity index (χ2v) is 7.60. The maximum absolute atomic E-state index is 11.9. The zero-order valence-corrected chi connectivity index (χ0v) is 17.8. The van der Waals surface area contributed by atoms with E-state index in [-0.39, 0.29) is 0 Å². The first-order valence-electron chi connectivity index (χ1n) is 9.02. The van der Waals surface area contributed by atoms with Crippen LogP contribution in [0.2, 0.25) is 5.02 Å². The number of carbonyl (C=O) groups is 1. The summed E-state index contributed by atoms with van der Waals surface area (Å²) in [7, 11) is 1.54. The number of aliphatic carboxylic acids is 1. The molecule has 6 heteroatoms. The first-order chi connectivity index (χ1) is 13.3. The molecule has 3 rings (SSSR count). The Morgan fingerprint density at radius 3 is 2.43 bits per heavy atom. The van der Waals surface area contributed by atoms with Gasteiger partial charge in [-0.15, -0.1) is 0 Å². The zero-order valence-electron chi connectivity index (χ0n) is 16.2. The summed E-state index contributed by atoms with van der Waals surface area (Å²) >= 11 is 12.2. The molecule has 1 atom stereocenters. The molecule has 0 aliphatic carbocycles. The van der Waals surface area contributed by atoms with E-state index in [0.717, 1.165) is 33.3 Å². The van der Waals surface area contributed by atoms with E-state index >= 15 is 0 Å². The number of carboxylic acid groups (broad SMARTS) is 1. The van der Waals surface area contributed by atoms with Crippen molar-refractivity contribution in [3.05, 3.63) is 63.8 Å². The standard InChI is InChI=1S/C22H22ClNO3S/c1-5-15(22(25)26)20-13(3)24(21(28)14-8-6-12(2)7-9-14)18-11-17(23)19(27-4)10-16(18)20/h6-11,15H,5H2,1-4H3,(H,25,26). The van der Waals surface area contributed by atoms with Gasteiger partial charge in [0.2, 0.25) is 0 Å². The number of aromatic nitrogens is 1. The average Bonchev–Trinajstić information content (AvgIpc) is 2.93. The molecule has 28 heavy (non-hydrogen) atoms. The summed E-state index contributed by atoms with van der Waals surface area (Å²) in [6.07, 6.45) is 0.470. The van der Waals surface area contributed by atoms with Crippen LogP contribution in [0.5, 0.6) is 5.75 Å². The lowest BCUT2D eigenvalue weighted by Gasteiger charge is -2.13. The number of thiocarbonyl (C=S) groups is 1. The second-order valence-electron chi connectivity index (χ2n) is 6.81. The number of rotatable bonds is 5. The summed E-state index contributed by atoms with van der Waals surface area (Å²) in [6, 6.07) is 11.6. The van der Waals surface area contributed by atoms with Crippen LogP contribution >= 0.6 is 23.8 Å². The molecule has 1 heterocycles. The molecule has 1 aromatic heterocycles. The summed E-state index contributed by atoms with van der Waals surface area (Å²) in [6.45, 7) is 5.79. The topological polar surface area (TPSA) is 51.5 Å². The van der Waals surface area contributed by atoms with E-state index in [0.29, 0.717) is 22.2 Å². The molecule has 1 N–H and O–H groups in total. The van der Waals surface area contributed by atoms with E-state index in [9.17, 15) is 9.90 Å². The molecule has 2 aromatic carbocycles. The molecule has 0 spiro atoms. The minimum absolute atomic E-state index is 0.454. The van der Waals surface area contributed by atoms with Crippen molar-refractivity contribution < 1.29 is 14.6 Å². The first-order valence-corrected chi connectivity index (χ1v) is 9.81. The summed E-state index contributed by atoms with van der Waals surface area (Å²) in [5.41, 5.74) is 4.37. The van der Waals surface area contributed by atoms with Crippen molar-refractivity contribution in [2.75, 3.05) is 7.11 Å². The van der Waals surface area contributed by atoms with Gasteiger partial charge in [0.05, 0.1) is 23.6 Å². The number of methoxy groups -OCH3 is 1. The lowest BCUT2D eigenvalue weighted by atomic mass is 9.94. The van der Waals surface area contributed by atoms with Crippen LogP contribution < -0.4 is 4.74 Å². The third-order valence-electron chi connectivity index (χ3n) is 5.08. The van der Waals surface area contributed by atoms with Crippen LogP contribution in [-0.2, 0) is 4.79 Å². The van der Waals surface area contributed by atoms with Gasteiger partial charge in [-0.1, -0.05) is 60.6 Å². The van der Waals surface area contributed by atoms with Crippen molar-refractivity contribution in [1.82, 2.24) is 4.57 Å². The van der Waals surface area contributed by atoms with Crippen LogP contribution in [0.15, 0.2) is 36.4 Å². The Morgan fingerprint density at radius 2 is 1.89 bits per heavy atom.